The monoisotopic (exact) mass is 848 g/mol. The molecule has 13 aromatic rings. The molecule has 0 unspecified atom stereocenters. The fourth-order valence-electron chi connectivity index (χ4n) is 11.5. The Morgan fingerprint density at radius 3 is 1.30 bits per heavy atom. The second-order valence-corrected chi connectivity index (χ2v) is 17.3. The molecule has 0 atom stereocenters. The molecule has 9 aromatic carbocycles. The number of nitrogens with zero attached hydrogens (tertiary/aromatic N) is 8. The topological polar surface area (TPSA) is 115 Å². The Hall–Kier alpha value is -9.80. The molecule has 0 aliphatic carbocycles. The van der Waals surface area contributed by atoms with E-state index in [2.05, 4.69) is 188 Å². The minimum Gasteiger partial charge on any atom is -0.374 e. The highest BCUT2D eigenvalue weighted by Gasteiger charge is 2.38. The SMILES string of the molecule is N#Cc1cc(C#N)c2c(c1)c1cc(C#N)cc(C#N)c1n2B1c2ccccc2-n2c3ccc(-n4c5ccccc5c5ccccc54)cc3c3cc(-n4c5ccccc5c5ccccc54)cc1c32. The van der Waals surface area contributed by atoms with Crippen molar-refractivity contribution in [2.75, 3.05) is 0 Å². The van der Waals surface area contributed by atoms with E-state index in [0.29, 0.717) is 44.1 Å². The maximum atomic E-state index is 10.9. The van der Waals surface area contributed by atoms with Crippen LogP contribution in [0.25, 0.3) is 104 Å². The van der Waals surface area contributed by atoms with Gasteiger partial charge in [0.25, 0.3) is 0 Å². The second kappa shape index (κ2) is 13.4. The van der Waals surface area contributed by atoms with Gasteiger partial charge in [0.15, 0.2) is 0 Å². The highest BCUT2D eigenvalue weighted by molar-refractivity contribution is 6.88. The lowest BCUT2D eigenvalue weighted by atomic mass is 9.48. The van der Waals surface area contributed by atoms with Crippen LogP contribution in [0.3, 0.4) is 0 Å². The highest BCUT2D eigenvalue weighted by atomic mass is 15.0. The van der Waals surface area contributed by atoms with E-state index in [0.717, 1.165) is 82.6 Å². The average molecular weight is 849 g/mol. The number of aromatic nitrogens is 4. The quantitative estimate of drug-likeness (QED) is 0.165. The first kappa shape index (κ1) is 36.7. The summed E-state index contributed by atoms with van der Waals surface area (Å²) >= 11 is 0. The van der Waals surface area contributed by atoms with Gasteiger partial charge in [-0.05, 0) is 95.9 Å². The van der Waals surface area contributed by atoms with Crippen molar-refractivity contribution in [1.82, 2.24) is 18.2 Å². The van der Waals surface area contributed by atoms with Crippen molar-refractivity contribution in [2.45, 2.75) is 0 Å². The van der Waals surface area contributed by atoms with E-state index in [-0.39, 0.29) is 0 Å². The summed E-state index contributed by atoms with van der Waals surface area (Å²) in [6, 6.07) is 70.1. The van der Waals surface area contributed by atoms with Gasteiger partial charge in [0.1, 0.15) is 12.1 Å². The largest absolute Gasteiger partial charge is 0.374 e. The van der Waals surface area contributed by atoms with Crippen molar-refractivity contribution in [3.63, 3.8) is 0 Å². The maximum absolute atomic E-state index is 10.9. The van der Waals surface area contributed by atoms with E-state index < -0.39 is 6.85 Å². The molecule has 0 fully saturated rings. The van der Waals surface area contributed by atoms with Crippen LogP contribution in [0.2, 0.25) is 0 Å². The Bertz CT molecular complexity index is 4390. The van der Waals surface area contributed by atoms with Crippen LogP contribution in [0.15, 0.2) is 176 Å². The van der Waals surface area contributed by atoms with Gasteiger partial charge in [-0.25, -0.2) is 0 Å². The second-order valence-electron chi connectivity index (χ2n) is 17.3. The average Bonchev–Trinajstić information content (AvgIpc) is 4.11. The minimum absolute atomic E-state index is 0.307. The molecule has 304 valence electrons. The predicted octanol–water partition coefficient (Wildman–Crippen LogP) is 11.5. The molecule has 4 aromatic heterocycles. The van der Waals surface area contributed by atoms with Gasteiger partial charge in [0.2, 0.25) is 0 Å². The summed E-state index contributed by atoms with van der Waals surface area (Å²) in [5, 5.41) is 50.4. The van der Waals surface area contributed by atoms with Crippen LogP contribution in [0.4, 0.5) is 0 Å². The number of nitriles is 4. The summed E-state index contributed by atoms with van der Waals surface area (Å²) in [7, 11) is 0. The van der Waals surface area contributed by atoms with Gasteiger partial charge >= 0.3 is 6.85 Å². The van der Waals surface area contributed by atoms with Crippen LogP contribution in [0.1, 0.15) is 22.3 Å². The molecule has 0 amide bonds. The summed E-state index contributed by atoms with van der Waals surface area (Å²) in [6.07, 6.45) is 0. The number of para-hydroxylation sites is 5. The Morgan fingerprint density at radius 1 is 0.328 bits per heavy atom. The molecule has 67 heavy (non-hydrogen) atoms. The summed E-state index contributed by atoms with van der Waals surface area (Å²) in [6.45, 7) is -0.569. The first-order valence-corrected chi connectivity index (χ1v) is 22.0. The van der Waals surface area contributed by atoms with Crippen LogP contribution in [-0.4, -0.2) is 25.0 Å². The molecule has 1 aliphatic heterocycles. The van der Waals surface area contributed by atoms with Crippen molar-refractivity contribution in [3.8, 4) is 41.3 Å². The molecule has 5 heterocycles. The van der Waals surface area contributed by atoms with Crippen LogP contribution >= 0.6 is 0 Å². The maximum Gasteiger partial charge on any atom is 0.332 e. The number of hydrogen-bond donors (Lipinski definition) is 0. The van der Waals surface area contributed by atoms with Gasteiger partial charge in [-0.2, -0.15) is 21.0 Å². The van der Waals surface area contributed by atoms with E-state index in [1.54, 1.807) is 24.3 Å². The third-order valence-corrected chi connectivity index (χ3v) is 14.1. The van der Waals surface area contributed by atoms with Crippen molar-refractivity contribution in [2.24, 2.45) is 0 Å². The molecule has 0 bridgehead atoms. The van der Waals surface area contributed by atoms with Crippen LogP contribution in [-0.2, 0) is 0 Å². The minimum atomic E-state index is -0.569. The summed E-state index contributed by atoms with van der Waals surface area (Å²) in [5.41, 5.74) is 13.8. The van der Waals surface area contributed by atoms with Gasteiger partial charge < -0.3 is 18.2 Å². The van der Waals surface area contributed by atoms with Gasteiger partial charge in [-0.15, -0.1) is 0 Å². The molecular formula is C58H29BN8. The molecule has 0 saturated heterocycles. The fraction of sp³-hybridized carbons (Fsp3) is 0. The lowest BCUT2D eigenvalue weighted by Gasteiger charge is -2.29. The van der Waals surface area contributed by atoms with Crippen molar-refractivity contribution >= 4 is 105 Å². The van der Waals surface area contributed by atoms with Gasteiger partial charge in [0, 0.05) is 60.2 Å². The zero-order chi connectivity index (χ0) is 44.7. The Labute approximate surface area is 382 Å². The standard InChI is InChI=1S/C58H29BN8/c60-30-34-23-36(32-62)56-45(25-34)46-26-35(31-61)24-37(33-63)57(46)67(56)59-48-15-5-10-20-55(48)66-54-22-21-38(64-50-16-6-1-11-40(50)41-12-2-7-17-51(41)64)27-44(54)47-28-39(29-49(59)58(47)66)65-52-18-8-3-13-42(52)43-14-4-9-19-53(43)65/h1-29H. The molecule has 0 saturated carbocycles. The Kier molecular flexibility index (Phi) is 7.31. The Morgan fingerprint density at radius 2 is 0.776 bits per heavy atom. The van der Waals surface area contributed by atoms with Gasteiger partial charge in [-0.3, -0.25) is 0 Å². The van der Waals surface area contributed by atoms with Crippen molar-refractivity contribution in [1.29, 1.82) is 21.0 Å². The zero-order valence-electron chi connectivity index (χ0n) is 35.4. The fourth-order valence-corrected chi connectivity index (χ4v) is 11.5. The summed E-state index contributed by atoms with van der Waals surface area (Å²) < 4.78 is 9.22. The number of hydrogen-bond acceptors (Lipinski definition) is 4. The lowest BCUT2D eigenvalue weighted by Crippen LogP contribution is -2.53. The smallest absolute Gasteiger partial charge is 0.332 e. The molecule has 0 N–H and O–H groups in total. The molecule has 0 spiro atoms. The number of benzene rings is 9. The third kappa shape index (κ3) is 4.76. The highest BCUT2D eigenvalue weighted by Crippen LogP contribution is 2.42. The molecule has 1 aliphatic rings. The van der Waals surface area contributed by atoms with Crippen LogP contribution in [0, 0.1) is 45.3 Å². The Balaban J connectivity index is 1.19. The first-order chi connectivity index (χ1) is 33.1. The van der Waals surface area contributed by atoms with Gasteiger partial charge in [0.05, 0.1) is 78.5 Å². The van der Waals surface area contributed by atoms with E-state index in [9.17, 15) is 21.0 Å². The van der Waals surface area contributed by atoms with Crippen LogP contribution in [0.5, 0.6) is 0 Å². The molecule has 0 radical (unpaired) electrons. The van der Waals surface area contributed by atoms with Gasteiger partial charge in [-0.1, -0.05) is 91.0 Å². The number of rotatable bonds is 3. The van der Waals surface area contributed by atoms with E-state index in [4.69, 9.17) is 0 Å². The molecule has 8 nitrogen and oxygen atoms in total. The van der Waals surface area contributed by atoms with Crippen molar-refractivity contribution < 1.29 is 0 Å². The lowest BCUT2D eigenvalue weighted by molar-refractivity contribution is 1.16. The van der Waals surface area contributed by atoms with Crippen molar-refractivity contribution in [3.05, 3.63) is 198 Å². The molecule has 14 rings (SSSR count). The third-order valence-electron chi connectivity index (χ3n) is 14.1. The first-order valence-electron chi connectivity index (χ1n) is 22.0. The summed E-state index contributed by atoms with van der Waals surface area (Å²) in [5.74, 6) is 0. The molecule has 9 heteroatoms. The number of fused-ring (bicyclic) bond motifs is 14. The van der Waals surface area contributed by atoms with E-state index >= 15 is 0 Å². The molecular weight excluding hydrogens is 820 g/mol. The zero-order valence-corrected chi connectivity index (χ0v) is 35.4. The predicted molar refractivity (Wildman–Crippen MR) is 268 cm³/mol. The normalized spacial score (nSPS) is 12.1. The van der Waals surface area contributed by atoms with Crippen LogP contribution < -0.4 is 10.9 Å². The van der Waals surface area contributed by atoms with E-state index in [1.807, 2.05) is 6.07 Å². The summed E-state index contributed by atoms with van der Waals surface area (Å²) in [4.78, 5) is 0. The van der Waals surface area contributed by atoms with E-state index in [1.165, 1.54) is 10.8 Å².